The third-order valence-electron chi connectivity index (χ3n) is 3.31. The monoisotopic (exact) mass is 328 g/mol. The highest BCUT2D eigenvalue weighted by molar-refractivity contribution is 7.09. The molecule has 0 spiro atoms. The summed E-state index contributed by atoms with van der Waals surface area (Å²) in [5.74, 6) is -0.360. The molecule has 2 heterocycles. The first-order chi connectivity index (χ1) is 11.2. The number of nitrogens with zero attached hydrogens (tertiary/aromatic N) is 2. The van der Waals surface area contributed by atoms with Crippen molar-refractivity contribution in [3.63, 3.8) is 0 Å². The first-order valence-corrected chi connectivity index (χ1v) is 8.12. The van der Waals surface area contributed by atoms with Crippen LogP contribution in [0.1, 0.15) is 4.88 Å². The Morgan fingerprint density at radius 1 is 1.26 bits per heavy atom. The zero-order chi connectivity index (χ0) is 16.1. The summed E-state index contributed by atoms with van der Waals surface area (Å²) < 4.78 is 0. The van der Waals surface area contributed by atoms with Crippen molar-refractivity contribution in [2.45, 2.75) is 6.42 Å². The molecule has 2 N–H and O–H groups in total. The number of para-hydroxylation sites is 1. The summed E-state index contributed by atoms with van der Waals surface area (Å²) in [4.78, 5) is 29.3. The SMILES string of the molecule is O=C(NCCc1cccs1)C1=NCC(=O)N(c2ccccc2)N1. The lowest BCUT2D eigenvalue weighted by molar-refractivity contribution is -0.118. The normalized spacial score (nSPS) is 14.2. The zero-order valence-corrected chi connectivity index (χ0v) is 13.2. The first-order valence-electron chi connectivity index (χ1n) is 7.24. The maximum Gasteiger partial charge on any atom is 0.288 e. The molecule has 1 aliphatic rings. The van der Waals surface area contributed by atoms with Crippen LogP contribution in [0.25, 0.3) is 0 Å². The molecule has 0 saturated heterocycles. The van der Waals surface area contributed by atoms with Crippen LogP contribution in [0, 0.1) is 0 Å². The van der Waals surface area contributed by atoms with Crippen molar-refractivity contribution in [3.8, 4) is 0 Å². The van der Waals surface area contributed by atoms with Crippen LogP contribution in [0.2, 0.25) is 0 Å². The van der Waals surface area contributed by atoms with E-state index in [0.717, 1.165) is 6.42 Å². The molecule has 0 saturated carbocycles. The highest BCUT2D eigenvalue weighted by Crippen LogP contribution is 2.13. The van der Waals surface area contributed by atoms with Crippen LogP contribution in [0.4, 0.5) is 5.69 Å². The molecule has 23 heavy (non-hydrogen) atoms. The summed E-state index contributed by atoms with van der Waals surface area (Å²) in [5.41, 5.74) is 3.46. The molecule has 1 aromatic heterocycles. The van der Waals surface area contributed by atoms with Crippen LogP contribution in [0.5, 0.6) is 0 Å². The van der Waals surface area contributed by atoms with Crippen molar-refractivity contribution >= 4 is 34.7 Å². The van der Waals surface area contributed by atoms with E-state index in [1.54, 1.807) is 23.5 Å². The average Bonchev–Trinajstić information content (AvgIpc) is 3.09. The maximum absolute atomic E-state index is 12.2. The number of amides is 2. The highest BCUT2D eigenvalue weighted by Gasteiger charge is 2.25. The van der Waals surface area contributed by atoms with E-state index in [-0.39, 0.29) is 24.2 Å². The molecule has 0 bridgehead atoms. The number of carbonyl (C=O) groups excluding carboxylic acids is 2. The van der Waals surface area contributed by atoms with Gasteiger partial charge < -0.3 is 5.32 Å². The average molecular weight is 328 g/mol. The number of nitrogens with one attached hydrogen (secondary N) is 2. The van der Waals surface area contributed by atoms with Crippen LogP contribution in [0.3, 0.4) is 0 Å². The molecular formula is C16H16N4O2S. The van der Waals surface area contributed by atoms with Gasteiger partial charge in [0.05, 0.1) is 5.69 Å². The predicted octanol–water partition coefficient (Wildman–Crippen LogP) is 1.36. The van der Waals surface area contributed by atoms with Gasteiger partial charge in [-0.1, -0.05) is 24.3 Å². The Labute approximate surface area is 137 Å². The number of carbonyl (C=O) groups is 2. The van der Waals surface area contributed by atoms with E-state index in [0.29, 0.717) is 12.2 Å². The van der Waals surface area contributed by atoms with Gasteiger partial charge in [-0.15, -0.1) is 11.3 Å². The van der Waals surface area contributed by atoms with Crippen molar-refractivity contribution in [3.05, 3.63) is 52.7 Å². The summed E-state index contributed by atoms with van der Waals surface area (Å²) in [6, 6.07) is 13.1. The fourth-order valence-corrected chi connectivity index (χ4v) is 2.88. The molecule has 0 radical (unpaired) electrons. The largest absolute Gasteiger partial charge is 0.349 e. The number of thiophene rings is 1. The Morgan fingerprint density at radius 2 is 2.09 bits per heavy atom. The van der Waals surface area contributed by atoms with E-state index < -0.39 is 0 Å². The minimum absolute atomic E-state index is 0.0461. The molecule has 0 fully saturated rings. The second kappa shape index (κ2) is 7.06. The molecular weight excluding hydrogens is 312 g/mol. The number of rotatable bonds is 5. The van der Waals surface area contributed by atoms with E-state index in [1.165, 1.54) is 9.89 Å². The van der Waals surface area contributed by atoms with Crippen LogP contribution in [0.15, 0.2) is 52.8 Å². The molecule has 0 unspecified atom stereocenters. The van der Waals surface area contributed by atoms with E-state index in [1.807, 2.05) is 35.7 Å². The number of benzene rings is 1. The molecule has 0 aliphatic carbocycles. The Hall–Kier alpha value is -2.67. The number of anilines is 1. The van der Waals surface area contributed by atoms with Gasteiger partial charge in [0, 0.05) is 11.4 Å². The van der Waals surface area contributed by atoms with Gasteiger partial charge in [0.25, 0.3) is 11.8 Å². The Kier molecular flexibility index (Phi) is 4.68. The van der Waals surface area contributed by atoms with Crippen molar-refractivity contribution in [2.75, 3.05) is 18.1 Å². The minimum atomic E-state index is -0.310. The fraction of sp³-hybridized carbons (Fsp3) is 0.188. The number of aliphatic imine (C=N–C) groups is 1. The summed E-state index contributed by atoms with van der Waals surface area (Å²) in [5, 5.41) is 6.17. The molecule has 2 aromatic rings. The number of hydrazine groups is 1. The highest BCUT2D eigenvalue weighted by atomic mass is 32.1. The lowest BCUT2D eigenvalue weighted by atomic mass is 10.3. The quantitative estimate of drug-likeness (QED) is 0.870. The Balaban J connectivity index is 1.59. The van der Waals surface area contributed by atoms with Gasteiger partial charge in [-0.05, 0) is 30.0 Å². The smallest absolute Gasteiger partial charge is 0.288 e. The summed E-state index contributed by atoms with van der Waals surface area (Å²) in [6.45, 7) is 0.481. The van der Waals surface area contributed by atoms with E-state index in [9.17, 15) is 9.59 Å². The van der Waals surface area contributed by atoms with Crippen LogP contribution in [-0.2, 0) is 16.0 Å². The molecule has 1 aliphatic heterocycles. The van der Waals surface area contributed by atoms with Crippen LogP contribution in [-0.4, -0.2) is 30.7 Å². The van der Waals surface area contributed by atoms with Crippen LogP contribution >= 0.6 is 11.3 Å². The Morgan fingerprint density at radius 3 is 2.83 bits per heavy atom. The minimum Gasteiger partial charge on any atom is -0.349 e. The third kappa shape index (κ3) is 3.75. The lowest BCUT2D eigenvalue weighted by Gasteiger charge is -2.27. The van der Waals surface area contributed by atoms with E-state index in [4.69, 9.17) is 0 Å². The van der Waals surface area contributed by atoms with Crippen molar-refractivity contribution < 1.29 is 9.59 Å². The fourth-order valence-electron chi connectivity index (χ4n) is 2.17. The van der Waals surface area contributed by atoms with Gasteiger partial charge in [0.1, 0.15) is 6.54 Å². The van der Waals surface area contributed by atoms with Gasteiger partial charge in [-0.3, -0.25) is 20.0 Å². The van der Waals surface area contributed by atoms with Gasteiger partial charge >= 0.3 is 0 Å². The van der Waals surface area contributed by atoms with Gasteiger partial charge in [0.15, 0.2) is 0 Å². The first kappa shape index (κ1) is 15.2. The number of amidine groups is 1. The van der Waals surface area contributed by atoms with E-state index in [2.05, 4.69) is 15.7 Å². The van der Waals surface area contributed by atoms with Crippen molar-refractivity contribution in [2.24, 2.45) is 4.99 Å². The second-order valence-corrected chi connectivity index (χ2v) is 5.96. The molecule has 6 nitrogen and oxygen atoms in total. The van der Waals surface area contributed by atoms with Crippen LogP contribution < -0.4 is 15.8 Å². The topological polar surface area (TPSA) is 73.8 Å². The van der Waals surface area contributed by atoms with Gasteiger partial charge in [0.2, 0.25) is 5.84 Å². The summed E-state index contributed by atoms with van der Waals surface area (Å²) in [6.07, 6.45) is 0.776. The molecule has 3 rings (SSSR count). The van der Waals surface area contributed by atoms with Gasteiger partial charge in [-0.25, -0.2) is 5.01 Å². The number of hydrogen-bond acceptors (Lipinski definition) is 5. The molecule has 118 valence electrons. The molecule has 2 amide bonds. The maximum atomic E-state index is 12.2. The lowest BCUT2D eigenvalue weighted by Crippen LogP contribution is -2.55. The van der Waals surface area contributed by atoms with Crippen molar-refractivity contribution in [1.29, 1.82) is 0 Å². The van der Waals surface area contributed by atoms with Gasteiger partial charge in [-0.2, -0.15) is 0 Å². The molecule has 0 atom stereocenters. The number of hydrogen-bond donors (Lipinski definition) is 2. The summed E-state index contributed by atoms with van der Waals surface area (Å²) in [7, 11) is 0. The Bertz CT molecular complexity index is 713. The molecule has 1 aromatic carbocycles. The van der Waals surface area contributed by atoms with E-state index >= 15 is 0 Å². The summed E-state index contributed by atoms with van der Waals surface area (Å²) >= 11 is 1.66. The van der Waals surface area contributed by atoms with Crippen molar-refractivity contribution in [1.82, 2.24) is 10.7 Å². The third-order valence-corrected chi connectivity index (χ3v) is 4.24. The second-order valence-electron chi connectivity index (χ2n) is 4.93. The standard InChI is InChI=1S/C16H16N4O2S/c21-14-11-18-15(19-20(14)12-5-2-1-3-6-12)16(22)17-9-8-13-7-4-10-23-13/h1-7,10H,8-9,11H2,(H,17,22)(H,18,19). The predicted molar refractivity (Wildman–Crippen MR) is 90.4 cm³/mol. The molecule has 7 heteroatoms. The zero-order valence-electron chi connectivity index (χ0n) is 12.4.